The summed E-state index contributed by atoms with van der Waals surface area (Å²) in [5.74, 6) is -4.69. The molecule has 0 atom stereocenters. The van der Waals surface area contributed by atoms with Gasteiger partial charge in [0.05, 0.1) is 22.3 Å². The van der Waals surface area contributed by atoms with E-state index in [4.69, 9.17) is 9.47 Å². The number of phenolic OH excluding ortho intramolecular Hbond substituents is 6. The van der Waals surface area contributed by atoms with E-state index in [1.54, 1.807) is 0 Å². The van der Waals surface area contributed by atoms with E-state index in [1.165, 1.54) is 97.1 Å². The molecule has 0 fully saturated rings. The third kappa shape index (κ3) is 5.45. The van der Waals surface area contributed by atoms with E-state index in [9.17, 15) is 40.2 Å². The molecular weight excluding hydrogens is 544 g/mol. The Labute approximate surface area is 238 Å². The molecule has 5 aromatic carbocycles. The van der Waals surface area contributed by atoms with Crippen LogP contribution in [-0.4, -0.2) is 42.6 Å². The summed E-state index contributed by atoms with van der Waals surface area (Å²) in [4.78, 5) is 26.4. The van der Waals surface area contributed by atoms with Crippen LogP contribution in [0.15, 0.2) is 97.1 Å². The van der Waals surface area contributed by atoms with Crippen LogP contribution in [0, 0.1) is 0 Å². The minimum absolute atomic E-state index is 0.00533. The van der Waals surface area contributed by atoms with Gasteiger partial charge in [-0.05, 0) is 83.9 Å². The van der Waals surface area contributed by atoms with E-state index in [2.05, 4.69) is 0 Å². The summed E-state index contributed by atoms with van der Waals surface area (Å²) >= 11 is 0. The molecule has 0 spiro atoms. The standard InChI is InChI=1S/C32H22O10/c33-21-9-1-17(2-10-21)25-27(37)29(41-31(39)19-5-13-23(35)14-6-19)26(18-3-11-22(34)12-4-18)30(28(25)38)42-32(40)20-7-15-24(36)16-8-20/h1-16,33-38H. The summed E-state index contributed by atoms with van der Waals surface area (Å²) in [6.07, 6.45) is 0. The van der Waals surface area contributed by atoms with E-state index in [-0.39, 0.29) is 56.4 Å². The summed E-state index contributed by atoms with van der Waals surface area (Å²) in [7, 11) is 0. The Morgan fingerprint density at radius 2 is 0.690 bits per heavy atom. The molecule has 0 saturated carbocycles. The fourth-order valence-electron chi connectivity index (χ4n) is 4.17. The van der Waals surface area contributed by atoms with Crippen LogP contribution in [0.3, 0.4) is 0 Å². The zero-order valence-corrected chi connectivity index (χ0v) is 21.6. The summed E-state index contributed by atoms with van der Waals surface area (Å²) in [5, 5.41) is 61.8. The SMILES string of the molecule is O=C(Oc1c(O)c(-c2ccc(O)cc2)c(O)c(OC(=O)c2ccc(O)cc2)c1-c1ccc(O)cc1)c1ccc(O)cc1. The van der Waals surface area contributed by atoms with Gasteiger partial charge in [0, 0.05) is 0 Å². The van der Waals surface area contributed by atoms with Crippen LogP contribution in [0.25, 0.3) is 22.3 Å². The van der Waals surface area contributed by atoms with E-state index in [0.717, 1.165) is 0 Å². The second-order valence-corrected chi connectivity index (χ2v) is 9.07. The van der Waals surface area contributed by atoms with Gasteiger partial charge in [-0.3, -0.25) is 0 Å². The zero-order valence-electron chi connectivity index (χ0n) is 21.6. The smallest absolute Gasteiger partial charge is 0.343 e. The molecule has 0 aliphatic heterocycles. The quantitative estimate of drug-likeness (QED) is 0.111. The number of carbonyl (C=O) groups is 2. The topological polar surface area (TPSA) is 174 Å². The molecule has 5 rings (SSSR count). The van der Waals surface area contributed by atoms with Crippen molar-refractivity contribution in [1.82, 2.24) is 0 Å². The lowest BCUT2D eigenvalue weighted by atomic mass is 9.95. The molecule has 10 nitrogen and oxygen atoms in total. The average Bonchev–Trinajstić information content (AvgIpc) is 2.98. The number of esters is 2. The summed E-state index contributed by atoms with van der Waals surface area (Å²) in [5.41, 5.74) is -0.121. The molecule has 0 saturated heterocycles. The molecule has 5 aromatic rings. The van der Waals surface area contributed by atoms with Crippen LogP contribution < -0.4 is 9.47 Å². The molecule has 0 aromatic heterocycles. The molecule has 0 radical (unpaired) electrons. The minimum atomic E-state index is -0.955. The van der Waals surface area contributed by atoms with Crippen LogP contribution >= 0.6 is 0 Å². The first-order valence-corrected chi connectivity index (χ1v) is 12.4. The number of rotatable bonds is 6. The predicted octanol–water partition coefficient (Wildman–Crippen LogP) is 5.69. The minimum Gasteiger partial charge on any atom is -0.508 e. The van der Waals surface area contributed by atoms with Gasteiger partial charge in [0.2, 0.25) is 0 Å². The van der Waals surface area contributed by atoms with Crippen molar-refractivity contribution in [2.45, 2.75) is 0 Å². The lowest BCUT2D eigenvalue weighted by molar-refractivity contribution is 0.0727. The normalized spacial score (nSPS) is 10.7. The van der Waals surface area contributed by atoms with Gasteiger partial charge in [0.15, 0.2) is 23.0 Å². The van der Waals surface area contributed by atoms with Gasteiger partial charge < -0.3 is 40.1 Å². The van der Waals surface area contributed by atoms with Crippen molar-refractivity contribution in [2.75, 3.05) is 0 Å². The molecule has 0 aliphatic carbocycles. The van der Waals surface area contributed by atoms with Crippen molar-refractivity contribution < 1.29 is 49.7 Å². The number of benzene rings is 5. The van der Waals surface area contributed by atoms with Crippen molar-refractivity contribution in [2.24, 2.45) is 0 Å². The van der Waals surface area contributed by atoms with Crippen molar-refractivity contribution >= 4 is 11.9 Å². The summed E-state index contributed by atoms with van der Waals surface area (Å²) < 4.78 is 11.3. The first kappa shape index (κ1) is 27.4. The number of carbonyl (C=O) groups excluding carboxylic acids is 2. The van der Waals surface area contributed by atoms with Crippen LogP contribution in [0.1, 0.15) is 20.7 Å². The Hall–Kier alpha value is -6.16. The second-order valence-electron chi connectivity index (χ2n) is 9.07. The van der Waals surface area contributed by atoms with Crippen molar-refractivity contribution in [3.63, 3.8) is 0 Å². The Bertz CT molecular complexity index is 1690. The van der Waals surface area contributed by atoms with Crippen LogP contribution in [0.5, 0.6) is 46.0 Å². The maximum atomic E-state index is 13.2. The molecule has 0 unspecified atom stereocenters. The van der Waals surface area contributed by atoms with Gasteiger partial charge in [-0.2, -0.15) is 0 Å². The monoisotopic (exact) mass is 566 g/mol. The molecule has 0 aliphatic rings. The maximum Gasteiger partial charge on any atom is 0.343 e. The van der Waals surface area contributed by atoms with Crippen LogP contribution in [0.2, 0.25) is 0 Å². The highest BCUT2D eigenvalue weighted by Gasteiger charge is 2.31. The molecule has 0 bridgehead atoms. The zero-order chi connectivity index (χ0) is 30.0. The fraction of sp³-hybridized carbons (Fsp3) is 0. The van der Waals surface area contributed by atoms with E-state index < -0.39 is 34.9 Å². The molecule has 0 heterocycles. The average molecular weight is 567 g/mol. The Kier molecular flexibility index (Phi) is 7.27. The highest BCUT2D eigenvalue weighted by atomic mass is 16.6. The van der Waals surface area contributed by atoms with E-state index >= 15 is 0 Å². The maximum absolute atomic E-state index is 13.2. The summed E-state index contributed by atoms with van der Waals surface area (Å²) in [6, 6.07) is 21.0. The summed E-state index contributed by atoms with van der Waals surface area (Å²) in [6.45, 7) is 0. The van der Waals surface area contributed by atoms with Gasteiger partial charge >= 0.3 is 11.9 Å². The molecule has 10 heteroatoms. The van der Waals surface area contributed by atoms with Gasteiger partial charge in [0.1, 0.15) is 23.0 Å². The molecule has 42 heavy (non-hydrogen) atoms. The van der Waals surface area contributed by atoms with Gasteiger partial charge in [-0.15, -0.1) is 0 Å². The van der Waals surface area contributed by atoms with E-state index in [0.29, 0.717) is 0 Å². The fourth-order valence-corrected chi connectivity index (χ4v) is 4.17. The van der Waals surface area contributed by atoms with Crippen molar-refractivity contribution in [3.05, 3.63) is 108 Å². The number of aromatic hydroxyl groups is 6. The van der Waals surface area contributed by atoms with Gasteiger partial charge in [-0.25, -0.2) is 9.59 Å². The largest absolute Gasteiger partial charge is 0.508 e. The Balaban J connectivity index is 1.77. The predicted molar refractivity (Wildman–Crippen MR) is 150 cm³/mol. The number of hydrogen-bond acceptors (Lipinski definition) is 10. The second kappa shape index (κ2) is 11.1. The number of phenols is 6. The van der Waals surface area contributed by atoms with Gasteiger partial charge in [-0.1, -0.05) is 24.3 Å². The van der Waals surface area contributed by atoms with E-state index in [1.807, 2.05) is 0 Å². The Morgan fingerprint density at radius 3 is 1.02 bits per heavy atom. The molecule has 210 valence electrons. The third-order valence-electron chi connectivity index (χ3n) is 6.27. The van der Waals surface area contributed by atoms with Crippen LogP contribution in [0.4, 0.5) is 0 Å². The lowest BCUT2D eigenvalue weighted by Crippen LogP contribution is -2.13. The molecular formula is C32H22O10. The van der Waals surface area contributed by atoms with Gasteiger partial charge in [0.25, 0.3) is 0 Å². The number of ether oxygens (including phenoxy) is 2. The Morgan fingerprint density at radius 1 is 0.405 bits per heavy atom. The third-order valence-corrected chi connectivity index (χ3v) is 6.27. The van der Waals surface area contributed by atoms with Crippen molar-refractivity contribution in [3.8, 4) is 68.2 Å². The molecule has 0 amide bonds. The molecule has 6 N–H and O–H groups in total. The van der Waals surface area contributed by atoms with Crippen LogP contribution in [-0.2, 0) is 0 Å². The highest BCUT2D eigenvalue weighted by molar-refractivity contribution is 6.00. The first-order chi connectivity index (χ1) is 20.1. The number of hydrogen-bond donors (Lipinski definition) is 6. The highest BCUT2D eigenvalue weighted by Crippen LogP contribution is 2.56. The van der Waals surface area contributed by atoms with Crippen molar-refractivity contribution in [1.29, 1.82) is 0 Å². The first-order valence-electron chi connectivity index (χ1n) is 12.4. The lowest BCUT2D eigenvalue weighted by Gasteiger charge is -2.21.